The van der Waals surface area contributed by atoms with E-state index in [9.17, 15) is 0 Å². The molecule has 0 bridgehead atoms. The number of thiophene rings is 1. The molecule has 0 aliphatic rings. The second-order valence-electron chi connectivity index (χ2n) is 12.6. The number of fused-ring (bicyclic) bond motifs is 12. The zero-order valence-corrected chi connectivity index (χ0v) is 26.5. The Labute approximate surface area is 278 Å². The quantitative estimate of drug-likeness (QED) is 0.191. The van der Waals surface area contributed by atoms with Crippen LogP contribution in [-0.2, 0) is 0 Å². The molecule has 222 valence electrons. The monoisotopic (exact) mass is 627 g/mol. The second-order valence-corrected chi connectivity index (χ2v) is 13.6. The summed E-state index contributed by atoms with van der Waals surface area (Å²) in [5.41, 5.74) is 5.21. The summed E-state index contributed by atoms with van der Waals surface area (Å²) in [6.07, 6.45) is 0. The van der Waals surface area contributed by atoms with E-state index in [2.05, 4.69) is 156 Å². The molecule has 0 aliphatic carbocycles. The molecular weight excluding hydrogens is 603 g/mol. The molecule has 0 amide bonds. The molecule has 0 N–H and O–H groups in total. The molecule has 48 heavy (non-hydrogen) atoms. The molecule has 0 fully saturated rings. The van der Waals surface area contributed by atoms with E-state index >= 15 is 0 Å². The SMILES string of the molecule is c1ccc2cc3c(cc2c1)sc1cccc(-c2nc(-n4c5ccc6ccccc6c5c5c6ccccc6ccc54)nc4ccccc24)c13. The summed E-state index contributed by atoms with van der Waals surface area (Å²) in [7, 11) is 0. The number of rotatable bonds is 2. The Balaban J connectivity index is 1.28. The van der Waals surface area contributed by atoms with Crippen molar-refractivity contribution in [1.82, 2.24) is 14.5 Å². The van der Waals surface area contributed by atoms with E-state index in [1.807, 2.05) is 11.3 Å². The van der Waals surface area contributed by atoms with Crippen LogP contribution in [0.25, 0.3) is 102 Å². The fourth-order valence-electron chi connectivity index (χ4n) is 7.84. The summed E-state index contributed by atoms with van der Waals surface area (Å²) in [5.74, 6) is 0.677. The zero-order chi connectivity index (χ0) is 31.3. The lowest BCUT2D eigenvalue weighted by Crippen LogP contribution is -2.03. The van der Waals surface area contributed by atoms with Crippen molar-refractivity contribution in [2.45, 2.75) is 0 Å². The fraction of sp³-hybridized carbons (Fsp3) is 0. The van der Waals surface area contributed by atoms with E-state index < -0.39 is 0 Å². The molecule has 0 unspecified atom stereocenters. The third kappa shape index (κ3) is 3.58. The summed E-state index contributed by atoms with van der Waals surface area (Å²) in [6, 6.07) is 54.7. The van der Waals surface area contributed by atoms with Crippen LogP contribution in [0.3, 0.4) is 0 Å². The molecule has 8 aromatic carbocycles. The van der Waals surface area contributed by atoms with Gasteiger partial charge in [-0.2, -0.15) is 0 Å². The highest BCUT2D eigenvalue weighted by Gasteiger charge is 2.21. The van der Waals surface area contributed by atoms with Crippen molar-refractivity contribution in [2.75, 3.05) is 0 Å². The van der Waals surface area contributed by atoms with Gasteiger partial charge in [0.05, 0.1) is 22.2 Å². The predicted octanol–water partition coefficient (Wildman–Crippen LogP) is 12.2. The zero-order valence-electron chi connectivity index (χ0n) is 25.7. The molecule has 0 aliphatic heterocycles. The molecule has 0 atom stereocenters. The number of benzene rings is 8. The Bertz CT molecular complexity index is 3040. The lowest BCUT2D eigenvalue weighted by molar-refractivity contribution is 1.01. The number of aromatic nitrogens is 3. The molecular formula is C44H25N3S. The molecule has 0 radical (unpaired) electrons. The van der Waals surface area contributed by atoms with Crippen LogP contribution in [0.1, 0.15) is 0 Å². The van der Waals surface area contributed by atoms with Gasteiger partial charge in [0.1, 0.15) is 0 Å². The lowest BCUT2D eigenvalue weighted by atomic mass is 9.99. The van der Waals surface area contributed by atoms with Gasteiger partial charge < -0.3 is 0 Å². The first kappa shape index (κ1) is 26.0. The molecule has 4 heteroatoms. The van der Waals surface area contributed by atoms with Gasteiger partial charge in [0, 0.05) is 41.9 Å². The van der Waals surface area contributed by atoms with Crippen molar-refractivity contribution in [3.05, 3.63) is 152 Å². The Kier molecular flexibility index (Phi) is 5.26. The van der Waals surface area contributed by atoms with Crippen molar-refractivity contribution in [3.63, 3.8) is 0 Å². The van der Waals surface area contributed by atoms with E-state index in [4.69, 9.17) is 9.97 Å². The van der Waals surface area contributed by atoms with Gasteiger partial charge in [0.15, 0.2) is 0 Å². The standard InChI is InChI=1S/C44H25N3S/c1-2-13-29-25-39-34(24-28(29)12-1)40-33(17-9-19-38(40)48-39)43-32-16-7-8-18-35(32)45-44(46-43)47-36-22-20-26-10-3-5-14-30(26)41(36)42-31-15-6-4-11-27(31)21-23-37(42)47/h1-25H. The van der Waals surface area contributed by atoms with Gasteiger partial charge in [-0.3, -0.25) is 4.57 Å². The van der Waals surface area contributed by atoms with E-state index in [1.54, 1.807) is 0 Å². The summed E-state index contributed by atoms with van der Waals surface area (Å²) in [6.45, 7) is 0. The van der Waals surface area contributed by atoms with Crippen LogP contribution in [0.4, 0.5) is 0 Å². The third-order valence-corrected chi connectivity index (χ3v) is 11.1. The van der Waals surface area contributed by atoms with Crippen LogP contribution in [0.15, 0.2) is 152 Å². The van der Waals surface area contributed by atoms with Crippen molar-refractivity contribution >= 4 is 96.5 Å². The van der Waals surface area contributed by atoms with Crippen LogP contribution in [0, 0.1) is 0 Å². The second kappa shape index (κ2) is 9.71. The number of hydrogen-bond donors (Lipinski definition) is 0. The van der Waals surface area contributed by atoms with Crippen molar-refractivity contribution in [1.29, 1.82) is 0 Å². The van der Waals surface area contributed by atoms with Gasteiger partial charge >= 0.3 is 0 Å². The minimum absolute atomic E-state index is 0.677. The fourth-order valence-corrected chi connectivity index (χ4v) is 9.00. The highest BCUT2D eigenvalue weighted by molar-refractivity contribution is 7.26. The van der Waals surface area contributed by atoms with E-state index in [1.165, 1.54) is 63.3 Å². The molecule has 11 rings (SSSR count). The van der Waals surface area contributed by atoms with Gasteiger partial charge in [-0.05, 0) is 68.7 Å². The Morgan fingerprint density at radius 2 is 1.02 bits per heavy atom. The van der Waals surface area contributed by atoms with E-state index in [-0.39, 0.29) is 0 Å². The largest absolute Gasteiger partial charge is 0.278 e. The van der Waals surface area contributed by atoms with Crippen molar-refractivity contribution in [2.24, 2.45) is 0 Å². The summed E-state index contributed by atoms with van der Waals surface area (Å²) in [5, 5.41) is 13.5. The minimum Gasteiger partial charge on any atom is -0.278 e. The lowest BCUT2D eigenvalue weighted by Gasteiger charge is -2.13. The van der Waals surface area contributed by atoms with Crippen molar-refractivity contribution < 1.29 is 0 Å². The molecule has 0 spiro atoms. The topological polar surface area (TPSA) is 30.7 Å². The van der Waals surface area contributed by atoms with Crippen LogP contribution in [-0.4, -0.2) is 14.5 Å². The average molecular weight is 628 g/mol. The Hall–Kier alpha value is -6.10. The van der Waals surface area contributed by atoms with Gasteiger partial charge in [0.2, 0.25) is 5.95 Å². The summed E-state index contributed by atoms with van der Waals surface area (Å²) < 4.78 is 4.83. The minimum atomic E-state index is 0.677. The Morgan fingerprint density at radius 3 is 1.73 bits per heavy atom. The van der Waals surface area contributed by atoms with Crippen molar-refractivity contribution in [3.8, 4) is 17.2 Å². The third-order valence-electron chi connectivity index (χ3n) is 9.96. The van der Waals surface area contributed by atoms with Crippen LogP contribution in [0.2, 0.25) is 0 Å². The maximum Gasteiger partial charge on any atom is 0.235 e. The van der Waals surface area contributed by atoms with Gasteiger partial charge in [-0.15, -0.1) is 11.3 Å². The first-order chi connectivity index (χ1) is 23.8. The number of nitrogens with zero attached hydrogens (tertiary/aromatic N) is 3. The molecule has 3 nitrogen and oxygen atoms in total. The van der Waals surface area contributed by atoms with Gasteiger partial charge in [-0.1, -0.05) is 115 Å². The molecule has 3 aromatic heterocycles. The van der Waals surface area contributed by atoms with Crippen LogP contribution >= 0.6 is 11.3 Å². The molecule has 0 saturated carbocycles. The van der Waals surface area contributed by atoms with Crippen LogP contribution in [0.5, 0.6) is 0 Å². The van der Waals surface area contributed by atoms with Gasteiger partial charge in [0.25, 0.3) is 0 Å². The number of hydrogen-bond acceptors (Lipinski definition) is 3. The van der Waals surface area contributed by atoms with E-state index in [0.717, 1.165) is 33.2 Å². The summed E-state index contributed by atoms with van der Waals surface area (Å²) >= 11 is 1.85. The highest BCUT2D eigenvalue weighted by atomic mass is 32.1. The molecule has 3 heterocycles. The average Bonchev–Trinajstić information content (AvgIpc) is 3.69. The maximum atomic E-state index is 5.53. The summed E-state index contributed by atoms with van der Waals surface area (Å²) in [4.78, 5) is 10.8. The normalized spacial score (nSPS) is 12.2. The number of para-hydroxylation sites is 1. The van der Waals surface area contributed by atoms with E-state index in [0.29, 0.717) is 5.95 Å². The molecule has 0 saturated heterocycles. The van der Waals surface area contributed by atoms with Gasteiger partial charge in [-0.25, -0.2) is 9.97 Å². The smallest absolute Gasteiger partial charge is 0.235 e. The molecule has 11 aromatic rings. The first-order valence-electron chi connectivity index (χ1n) is 16.3. The maximum absolute atomic E-state index is 5.53. The first-order valence-corrected chi connectivity index (χ1v) is 17.1. The predicted molar refractivity (Wildman–Crippen MR) is 205 cm³/mol. The van der Waals surface area contributed by atoms with Crippen LogP contribution < -0.4 is 0 Å². The highest BCUT2D eigenvalue weighted by Crippen LogP contribution is 2.44. The Morgan fingerprint density at radius 1 is 0.417 bits per heavy atom.